The van der Waals surface area contributed by atoms with Crippen LogP contribution in [-0.2, 0) is 5.41 Å². The van der Waals surface area contributed by atoms with E-state index in [2.05, 4.69) is 66.3 Å². The van der Waals surface area contributed by atoms with Crippen molar-refractivity contribution in [1.29, 1.82) is 0 Å². The number of amides is 1. The molecular formula is C19H22BrNO. The van der Waals surface area contributed by atoms with Crippen LogP contribution < -0.4 is 5.32 Å². The molecular weight excluding hydrogens is 338 g/mol. The van der Waals surface area contributed by atoms with Crippen molar-refractivity contribution in [1.82, 2.24) is 5.32 Å². The van der Waals surface area contributed by atoms with Gasteiger partial charge in [0.2, 0.25) is 0 Å². The third kappa shape index (κ3) is 4.20. The summed E-state index contributed by atoms with van der Waals surface area (Å²) < 4.78 is 0.967. The van der Waals surface area contributed by atoms with Crippen LogP contribution in [-0.4, -0.2) is 5.91 Å². The van der Waals surface area contributed by atoms with Crippen LogP contribution in [0.4, 0.5) is 0 Å². The van der Waals surface area contributed by atoms with Crippen molar-refractivity contribution in [3.8, 4) is 0 Å². The molecule has 2 aromatic carbocycles. The van der Waals surface area contributed by atoms with Crippen molar-refractivity contribution in [3.63, 3.8) is 0 Å². The second-order valence-corrected chi connectivity index (χ2v) is 7.49. The Labute approximate surface area is 141 Å². The largest absolute Gasteiger partial charge is 0.346 e. The van der Waals surface area contributed by atoms with E-state index in [1.165, 1.54) is 5.56 Å². The van der Waals surface area contributed by atoms with Gasteiger partial charge in [-0.2, -0.15) is 0 Å². The van der Waals surface area contributed by atoms with E-state index in [-0.39, 0.29) is 17.4 Å². The number of hydrogen-bond acceptors (Lipinski definition) is 1. The molecule has 2 nitrogen and oxygen atoms in total. The Hall–Kier alpha value is -1.61. The molecule has 1 atom stereocenters. The highest BCUT2D eigenvalue weighted by Gasteiger charge is 2.15. The first-order chi connectivity index (χ1) is 10.3. The average Bonchev–Trinajstić information content (AvgIpc) is 2.47. The molecule has 0 saturated carbocycles. The number of carbonyl (C=O) groups excluding carboxylic acids is 1. The molecule has 0 unspecified atom stereocenters. The Balaban J connectivity index is 2.07. The molecule has 116 valence electrons. The molecule has 0 aromatic heterocycles. The van der Waals surface area contributed by atoms with E-state index in [1.807, 2.05) is 31.2 Å². The second-order valence-electron chi connectivity index (χ2n) is 6.57. The summed E-state index contributed by atoms with van der Waals surface area (Å²) in [5.41, 5.74) is 3.21. The van der Waals surface area contributed by atoms with E-state index in [4.69, 9.17) is 0 Å². The lowest BCUT2D eigenvalue weighted by molar-refractivity contribution is 0.0940. The highest BCUT2D eigenvalue weighted by atomic mass is 79.9. The Kier molecular flexibility index (Phi) is 5.07. The molecule has 2 aromatic rings. The van der Waals surface area contributed by atoms with Gasteiger partial charge >= 0.3 is 0 Å². The van der Waals surface area contributed by atoms with Crippen LogP contribution in [0.25, 0.3) is 0 Å². The molecule has 2 rings (SSSR count). The van der Waals surface area contributed by atoms with Crippen molar-refractivity contribution >= 4 is 21.8 Å². The summed E-state index contributed by atoms with van der Waals surface area (Å²) in [5.74, 6) is -0.0557. The summed E-state index contributed by atoms with van der Waals surface area (Å²) in [6.45, 7) is 8.59. The van der Waals surface area contributed by atoms with Gasteiger partial charge < -0.3 is 5.32 Å². The van der Waals surface area contributed by atoms with Crippen molar-refractivity contribution in [2.75, 3.05) is 0 Å². The molecule has 22 heavy (non-hydrogen) atoms. The van der Waals surface area contributed by atoms with Gasteiger partial charge in [-0.15, -0.1) is 0 Å². The number of benzene rings is 2. The van der Waals surface area contributed by atoms with E-state index in [1.54, 1.807) is 0 Å². The number of halogens is 1. The lowest BCUT2D eigenvalue weighted by Crippen LogP contribution is -2.26. The molecule has 0 bridgehead atoms. The summed E-state index contributed by atoms with van der Waals surface area (Å²) in [6.07, 6.45) is 0. The lowest BCUT2D eigenvalue weighted by atomic mass is 9.86. The minimum absolute atomic E-state index is 0.0230. The quantitative estimate of drug-likeness (QED) is 0.797. The van der Waals surface area contributed by atoms with Gasteiger partial charge in [0.05, 0.1) is 6.04 Å². The van der Waals surface area contributed by atoms with Crippen LogP contribution in [0.15, 0.2) is 53.0 Å². The maximum absolute atomic E-state index is 12.2. The minimum atomic E-state index is -0.0557. The van der Waals surface area contributed by atoms with Gasteiger partial charge in [0, 0.05) is 10.0 Å². The number of hydrogen-bond donors (Lipinski definition) is 1. The Morgan fingerprint density at radius 3 is 2.05 bits per heavy atom. The molecule has 0 aliphatic rings. The van der Waals surface area contributed by atoms with Gasteiger partial charge in [0.15, 0.2) is 0 Å². The number of rotatable bonds is 3. The summed E-state index contributed by atoms with van der Waals surface area (Å²) in [7, 11) is 0. The zero-order valence-corrected chi connectivity index (χ0v) is 15.1. The molecule has 3 heteroatoms. The zero-order valence-electron chi connectivity index (χ0n) is 13.5. The van der Waals surface area contributed by atoms with Crippen LogP contribution in [0.5, 0.6) is 0 Å². The Morgan fingerprint density at radius 1 is 1.00 bits per heavy atom. The lowest BCUT2D eigenvalue weighted by Gasteiger charge is -2.20. The molecule has 0 spiro atoms. The maximum atomic E-state index is 12.2. The van der Waals surface area contributed by atoms with Gasteiger partial charge in [-0.05, 0) is 47.7 Å². The van der Waals surface area contributed by atoms with Gasteiger partial charge in [-0.3, -0.25) is 4.79 Å². The Morgan fingerprint density at radius 2 is 1.55 bits per heavy atom. The third-order valence-electron chi connectivity index (χ3n) is 3.73. The first-order valence-electron chi connectivity index (χ1n) is 7.44. The summed E-state index contributed by atoms with van der Waals surface area (Å²) in [4.78, 5) is 12.2. The fourth-order valence-corrected chi connectivity index (χ4v) is 2.50. The third-order valence-corrected chi connectivity index (χ3v) is 4.26. The van der Waals surface area contributed by atoms with Gasteiger partial charge in [0.25, 0.3) is 5.91 Å². The number of carbonyl (C=O) groups is 1. The van der Waals surface area contributed by atoms with Crippen LogP contribution >= 0.6 is 15.9 Å². The molecule has 0 heterocycles. The molecule has 0 aliphatic heterocycles. The first kappa shape index (κ1) is 16.8. The van der Waals surface area contributed by atoms with Gasteiger partial charge in [0.1, 0.15) is 0 Å². The first-order valence-corrected chi connectivity index (χ1v) is 8.23. The molecule has 0 aliphatic carbocycles. The van der Waals surface area contributed by atoms with E-state index < -0.39 is 0 Å². The van der Waals surface area contributed by atoms with Crippen LogP contribution in [0.2, 0.25) is 0 Å². The summed E-state index contributed by atoms with van der Waals surface area (Å²) >= 11 is 3.37. The van der Waals surface area contributed by atoms with Crippen LogP contribution in [0.1, 0.15) is 55.2 Å². The number of nitrogens with one attached hydrogen (secondary N) is 1. The smallest absolute Gasteiger partial charge is 0.251 e. The normalized spacial score (nSPS) is 12.8. The highest BCUT2D eigenvalue weighted by molar-refractivity contribution is 9.10. The van der Waals surface area contributed by atoms with E-state index >= 15 is 0 Å². The monoisotopic (exact) mass is 359 g/mol. The highest BCUT2D eigenvalue weighted by Crippen LogP contribution is 2.24. The molecule has 1 N–H and O–H groups in total. The van der Waals surface area contributed by atoms with Crippen molar-refractivity contribution in [2.24, 2.45) is 0 Å². The fraction of sp³-hybridized carbons (Fsp3) is 0.316. The molecule has 0 fully saturated rings. The van der Waals surface area contributed by atoms with Crippen LogP contribution in [0.3, 0.4) is 0 Å². The van der Waals surface area contributed by atoms with E-state index in [9.17, 15) is 4.79 Å². The zero-order chi connectivity index (χ0) is 16.3. The van der Waals surface area contributed by atoms with Crippen molar-refractivity contribution in [2.45, 2.75) is 39.2 Å². The van der Waals surface area contributed by atoms with Gasteiger partial charge in [-0.25, -0.2) is 0 Å². The topological polar surface area (TPSA) is 29.1 Å². The maximum Gasteiger partial charge on any atom is 0.251 e. The summed E-state index contributed by atoms with van der Waals surface area (Å²) in [6, 6.07) is 15.8. The standard InChI is InChI=1S/C19H22BrNO/c1-13(14-5-9-16(10-6-14)19(2,3)4)21-18(22)15-7-11-17(20)12-8-15/h5-13H,1-4H3,(H,21,22)/t13-/m1/s1. The molecule has 1 amide bonds. The Bertz CT molecular complexity index is 639. The molecule has 0 saturated heterocycles. The van der Waals surface area contributed by atoms with Gasteiger partial charge in [-0.1, -0.05) is 61.0 Å². The molecule has 0 radical (unpaired) electrons. The predicted octanol–water partition coefficient (Wildman–Crippen LogP) is 5.24. The average molecular weight is 360 g/mol. The minimum Gasteiger partial charge on any atom is -0.346 e. The summed E-state index contributed by atoms with van der Waals surface area (Å²) in [5, 5.41) is 3.04. The van der Waals surface area contributed by atoms with Crippen molar-refractivity contribution in [3.05, 3.63) is 69.7 Å². The van der Waals surface area contributed by atoms with Crippen molar-refractivity contribution < 1.29 is 4.79 Å². The SMILES string of the molecule is C[C@@H](NC(=O)c1ccc(Br)cc1)c1ccc(C(C)(C)C)cc1. The predicted molar refractivity (Wildman–Crippen MR) is 95.2 cm³/mol. The van der Waals surface area contributed by atoms with E-state index in [0.29, 0.717) is 5.56 Å². The van der Waals surface area contributed by atoms with Crippen LogP contribution in [0, 0.1) is 0 Å². The van der Waals surface area contributed by atoms with E-state index in [0.717, 1.165) is 10.0 Å². The second kappa shape index (κ2) is 6.66. The fourth-order valence-electron chi connectivity index (χ4n) is 2.24.